The third kappa shape index (κ3) is 4.30. The average molecular weight is 380 g/mol. The molecule has 2 aliphatic rings. The zero-order valence-corrected chi connectivity index (χ0v) is 16.6. The molecular formula is C23H29N3O2. The van der Waals surface area contributed by atoms with Crippen LogP contribution in [-0.2, 0) is 6.54 Å². The predicted octanol–water partition coefficient (Wildman–Crippen LogP) is 3.25. The molecule has 0 spiro atoms. The number of hydrogen-bond acceptors (Lipinski definition) is 4. The number of nitrogens with zero attached hydrogens (tertiary/aromatic N) is 3. The molecule has 0 radical (unpaired) electrons. The van der Waals surface area contributed by atoms with E-state index in [1.807, 2.05) is 29.2 Å². The number of methoxy groups -OCH3 is 1. The van der Waals surface area contributed by atoms with E-state index in [-0.39, 0.29) is 5.91 Å². The zero-order chi connectivity index (χ0) is 19.3. The van der Waals surface area contributed by atoms with Gasteiger partial charge in [0.15, 0.2) is 0 Å². The van der Waals surface area contributed by atoms with E-state index in [0.717, 1.165) is 44.0 Å². The summed E-state index contributed by atoms with van der Waals surface area (Å²) in [4.78, 5) is 19.6. The molecule has 2 aliphatic heterocycles. The maximum atomic E-state index is 12.9. The minimum atomic E-state index is 0.141. The monoisotopic (exact) mass is 379 g/mol. The fourth-order valence-electron chi connectivity index (χ4n) is 4.10. The smallest absolute Gasteiger partial charge is 0.253 e. The lowest BCUT2D eigenvalue weighted by atomic mass is 10.1. The van der Waals surface area contributed by atoms with E-state index < -0.39 is 0 Å². The van der Waals surface area contributed by atoms with Gasteiger partial charge in [0.2, 0.25) is 0 Å². The number of ether oxygens (including phenoxy) is 1. The molecule has 2 aromatic rings. The topological polar surface area (TPSA) is 36.0 Å². The maximum absolute atomic E-state index is 12.9. The van der Waals surface area contributed by atoms with Crippen LogP contribution in [0.3, 0.4) is 0 Å². The van der Waals surface area contributed by atoms with Crippen molar-refractivity contribution in [3.05, 3.63) is 59.7 Å². The summed E-state index contributed by atoms with van der Waals surface area (Å²) < 4.78 is 5.23. The Morgan fingerprint density at radius 3 is 2.11 bits per heavy atom. The average Bonchev–Trinajstić information content (AvgIpc) is 3.27. The number of piperazine rings is 1. The number of carbonyl (C=O) groups excluding carboxylic acids is 1. The number of hydrogen-bond donors (Lipinski definition) is 0. The summed E-state index contributed by atoms with van der Waals surface area (Å²) in [5.74, 6) is 1.01. The highest BCUT2D eigenvalue weighted by Gasteiger charge is 2.22. The van der Waals surface area contributed by atoms with Crippen molar-refractivity contribution in [1.82, 2.24) is 9.80 Å². The summed E-state index contributed by atoms with van der Waals surface area (Å²) in [6.45, 7) is 6.59. The van der Waals surface area contributed by atoms with Crippen molar-refractivity contribution in [3.63, 3.8) is 0 Å². The molecule has 5 heteroatoms. The molecule has 0 aromatic heterocycles. The van der Waals surface area contributed by atoms with Gasteiger partial charge in [-0.1, -0.05) is 12.1 Å². The van der Waals surface area contributed by atoms with Crippen LogP contribution in [0.25, 0.3) is 0 Å². The predicted molar refractivity (Wildman–Crippen MR) is 112 cm³/mol. The van der Waals surface area contributed by atoms with Crippen molar-refractivity contribution >= 4 is 11.6 Å². The summed E-state index contributed by atoms with van der Waals surface area (Å²) in [5.41, 5.74) is 3.27. The van der Waals surface area contributed by atoms with E-state index in [2.05, 4.69) is 34.1 Å². The van der Waals surface area contributed by atoms with E-state index in [4.69, 9.17) is 4.74 Å². The van der Waals surface area contributed by atoms with Gasteiger partial charge in [0, 0.05) is 44.0 Å². The molecule has 0 saturated carbocycles. The lowest BCUT2D eigenvalue weighted by Crippen LogP contribution is -2.48. The summed E-state index contributed by atoms with van der Waals surface area (Å²) >= 11 is 0. The van der Waals surface area contributed by atoms with Gasteiger partial charge in [-0.05, 0) is 67.9 Å². The molecule has 0 N–H and O–H groups in total. The number of anilines is 1. The fraction of sp³-hybridized carbons (Fsp3) is 0.435. The van der Waals surface area contributed by atoms with Gasteiger partial charge in [-0.3, -0.25) is 9.69 Å². The fourth-order valence-corrected chi connectivity index (χ4v) is 4.10. The number of rotatable bonds is 5. The first-order valence-corrected chi connectivity index (χ1v) is 10.2. The van der Waals surface area contributed by atoms with Gasteiger partial charge in [-0.15, -0.1) is 0 Å². The lowest BCUT2D eigenvalue weighted by molar-refractivity contribution is 0.0747. The van der Waals surface area contributed by atoms with Crippen LogP contribution in [0, 0.1) is 0 Å². The molecule has 2 aromatic carbocycles. The Morgan fingerprint density at radius 2 is 1.50 bits per heavy atom. The van der Waals surface area contributed by atoms with Gasteiger partial charge in [-0.2, -0.15) is 0 Å². The van der Waals surface area contributed by atoms with Crippen LogP contribution in [0.5, 0.6) is 5.75 Å². The second-order valence-corrected chi connectivity index (χ2v) is 7.66. The second-order valence-electron chi connectivity index (χ2n) is 7.66. The largest absolute Gasteiger partial charge is 0.497 e. The van der Waals surface area contributed by atoms with Crippen LogP contribution < -0.4 is 9.64 Å². The molecule has 0 bridgehead atoms. The van der Waals surface area contributed by atoms with E-state index >= 15 is 0 Å². The number of carbonyl (C=O) groups is 1. The van der Waals surface area contributed by atoms with Crippen LogP contribution >= 0.6 is 0 Å². The van der Waals surface area contributed by atoms with Crippen LogP contribution in [0.15, 0.2) is 48.5 Å². The van der Waals surface area contributed by atoms with Crippen LogP contribution in [0.1, 0.15) is 28.8 Å². The summed E-state index contributed by atoms with van der Waals surface area (Å²) in [6.07, 6.45) is 2.61. The standard InChI is InChI=1S/C23H29N3O2/c1-28-22-10-8-21(9-11-22)25-14-16-26(17-15-25)23(27)20-6-4-19(5-7-20)18-24-12-2-3-13-24/h4-11H,2-3,12-18H2,1H3. The Kier molecular flexibility index (Phi) is 5.81. The first-order valence-electron chi connectivity index (χ1n) is 10.2. The lowest BCUT2D eigenvalue weighted by Gasteiger charge is -2.36. The molecule has 0 aliphatic carbocycles. The Bertz CT molecular complexity index is 774. The first-order chi connectivity index (χ1) is 13.7. The zero-order valence-electron chi connectivity index (χ0n) is 16.6. The number of amides is 1. The molecule has 148 valence electrons. The van der Waals surface area contributed by atoms with Gasteiger partial charge in [0.1, 0.15) is 5.75 Å². The number of likely N-dealkylation sites (tertiary alicyclic amines) is 1. The molecule has 1 amide bonds. The van der Waals surface area contributed by atoms with Gasteiger partial charge >= 0.3 is 0 Å². The first kappa shape index (κ1) is 18.8. The Labute approximate surface area is 167 Å². The Morgan fingerprint density at radius 1 is 0.857 bits per heavy atom. The molecule has 5 nitrogen and oxygen atoms in total. The minimum Gasteiger partial charge on any atom is -0.497 e. The van der Waals surface area contributed by atoms with Crippen molar-refractivity contribution in [2.45, 2.75) is 19.4 Å². The molecular weight excluding hydrogens is 350 g/mol. The quantitative estimate of drug-likeness (QED) is 0.799. The Hall–Kier alpha value is -2.53. The van der Waals surface area contributed by atoms with Crippen LogP contribution in [0.4, 0.5) is 5.69 Å². The van der Waals surface area contributed by atoms with Crippen LogP contribution in [-0.4, -0.2) is 62.1 Å². The van der Waals surface area contributed by atoms with Crippen molar-refractivity contribution in [3.8, 4) is 5.75 Å². The SMILES string of the molecule is COc1ccc(N2CCN(C(=O)c3ccc(CN4CCCC4)cc3)CC2)cc1. The minimum absolute atomic E-state index is 0.141. The third-order valence-corrected chi connectivity index (χ3v) is 5.81. The van der Waals surface area contributed by atoms with Crippen LogP contribution in [0.2, 0.25) is 0 Å². The summed E-state index contributed by atoms with van der Waals surface area (Å²) in [7, 11) is 1.68. The molecule has 0 atom stereocenters. The summed E-state index contributed by atoms with van der Waals surface area (Å²) in [6, 6.07) is 16.3. The maximum Gasteiger partial charge on any atom is 0.253 e. The van der Waals surface area contributed by atoms with Crippen molar-refractivity contribution in [2.24, 2.45) is 0 Å². The van der Waals surface area contributed by atoms with Gasteiger partial charge in [-0.25, -0.2) is 0 Å². The normalized spacial score (nSPS) is 17.8. The third-order valence-electron chi connectivity index (χ3n) is 5.81. The molecule has 2 fully saturated rings. The van der Waals surface area contributed by atoms with Gasteiger partial charge < -0.3 is 14.5 Å². The van der Waals surface area contributed by atoms with E-state index in [0.29, 0.717) is 0 Å². The van der Waals surface area contributed by atoms with E-state index in [9.17, 15) is 4.79 Å². The van der Waals surface area contributed by atoms with E-state index in [1.165, 1.54) is 37.2 Å². The van der Waals surface area contributed by atoms with Crippen molar-refractivity contribution < 1.29 is 9.53 Å². The van der Waals surface area contributed by atoms with Gasteiger partial charge in [0.05, 0.1) is 7.11 Å². The molecule has 28 heavy (non-hydrogen) atoms. The van der Waals surface area contributed by atoms with E-state index in [1.54, 1.807) is 7.11 Å². The highest BCUT2D eigenvalue weighted by atomic mass is 16.5. The molecule has 4 rings (SSSR count). The molecule has 0 unspecified atom stereocenters. The Balaban J connectivity index is 1.31. The summed E-state index contributed by atoms with van der Waals surface area (Å²) in [5, 5.41) is 0. The van der Waals surface area contributed by atoms with Crippen molar-refractivity contribution in [2.75, 3.05) is 51.3 Å². The van der Waals surface area contributed by atoms with Crippen molar-refractivity contribution in [1.29, 1.82) is 0 Å². The highest BCUT2D eigenvalue weighted by Crippen LogP contribution is 2.21. The van der Waals surface area contributed by atoms with Gasteiger partial charge in [0.25, 0.3) is 5.91 Å². The highest BCUT2D eigenvalue weighted by molar-refractivity contribution is 5.94. The second kappa shape index (κ2) is 8.65. The molecule has 2 heterocycles. The molecule has 2 saturated heterocycles. The number of benzene rings is 2.